The van der Waals surface area contributed by atoms with Crippen molar-refractivity contribution < 1.29 is 14.0 Å². The fourth-order valence-corrected chi connectivity index (χ4v) is 2.99. The normalized spacial score (nSPS) is 11.9. The molecule has 3 aromatic carbocycles. The van der Waals surface area contributed by atoms with Gasteiger partial charge < -0.3 is 11.1 Å². The molecule has 0 aliphatic rings. The van der Waals surface area contributed by atoms with Gasteiger partial charge in [0.05, 0.1) is 6.42 Å². The van der Waals surface area contributed by atoms with Crippen LogP contribution in [0.2, 0.25) is 0 Å². The molecular weight excluding hydrogens is 331 g/mol. The zero-order chi connectivity index (χ0) is 18.5. The topological polar surface area (TPSA) is 72.2 Å². The van der Waals surface area contributed by atoms with Crippen LogP contribution in [0.3, 0.4) is 0 Å². The summed E-state index contributed by atoms with van der Waals surface area (Å²) in [5.41, 5.74) is 6.95. The first-order chi connectivity index (χ1) is 12.5. The van der Waals surface area contributed by atoms with Crippen molar-refractivity contribution >= 4 is 22.6 Å². The fraction of sp³-hybridized carbons (Fsp3) is 0.143. The molecule has 0 aliphatic heterocycles. The molecule has 26 heavy (non-hydrogen) atoms. The molecule has 3 aromatic rings. The average molecular weight is 350 g/mol. The van der Waals surface area contributed by atoms with E-state index in [1.807, 2.05) is 42.5 Å². The lowest BCUT2D eigenvalue weighted by Gasteiger charge is -2.17. The lowest BCUT2D eigenvalue weighted by atomic mass is 9.98. The van der Waals surface area contributed by atoms with Crippen LogP contribution in [0.1, 0.15) is 11.1 Å². The Morgan fingerprint density at radius 2 is 1.73 bits per heavy atom. The number of nitrogens with two attached hydrogens (primary N) is 1. The van der Waals surface area contributed by atoms with Crippen molar-refractivity contribution in [2.45, 2.75) is 18.9 Å². The Labute approximate surface area is 150 Å². The Kier molecular flexibility index (Phi) is 5.27. The predicted molar refractivity (Wildman–Crippen MR) is 98.9 cm³/mol. The maximum atomic E-state index is 13.2. The van der Waals surface area contributed by atoms with Crippen LogP contribution < -0.4 is 11.1 Å². The smallest absolute Gasteiger partial charge is 0.240 e. The molecule has 3 rings (SSSR count). The van der Waals surface area contributed by atoms with Crippen LogP contribution in [0, 0.1) is 5.82 Å². The Bertz CT molecular complexity index is 950. The van der Waals surface area contributed by atoms with Crippen molar-refractivity contribution in [1.29, 1.82) is 0 Å². The average Bonchev–Trinajstić information content (AvgIpc) is 2.61. The van der Waals surface area contributed by atoms with Gasteiger partial charge in [-0.15, -0.1) is 0 Å². The fourth-order valence-electron chi connectivity index (χ4n) is 2.99. The molecule has 2 amide bonds. The number of amides is 2. The summed E-state index contributed by atoms with van der Waals surface area (Å²) < 4.78 is 13.2. The van der Waals surface area contributed by atoms with E-state index in [2.05, 4.69) is 5.32 Å². The molecule has 0 bridgehead atoms. The van der Waals surface area contributed by atoms with Crippen LogP contribution in [0.4, 0.5) is 4.39 Å². The van der Waals surface area contributed by atoms with Crippen LogP contribution in [-0.4, -0.2) is 17.9 Å². The molecule has 132 valence electrons. The van der Waals surface area contributed by atoms with E-state index in [9.17, 15) is 14.0 Å². The molecule has 0 spiro atoms. The third-order valence-corrected chi connectivity index (χ3v) is 4.24. The van der Waals surface area contributed by atoms with Crippen LogP contribution in [0.25, 0.3) is 10.8 Å². The van der Waals surface area contributed by atoms with Crippen molar-refractivity contribution in [2.75, 3.05) is 0 Å². The van der Waals surface area contributed by atoms with E-state index < -0.39 is 17.8 Å². The number of fused-ring (bicyclic) bond motifs is 1. The van der Waals surface area contributed by atoms with E-state index in [0.717, 1.165) is 16.3 Å². The number of rotatable bonds is 6. The Morgan fingerprint density at radius 1 is 1.00 bits per heavy atom. The van der Waals surface area contributed by atoms with Crippen molar-refractivity contribution in [3.05, 3.63) is 83.7 Å². The molecule has 0 unspecified atom stereocenters. The van der Waals surface area contributed by atoms with E-state index in [-0.39, 0.29) is 12.3 Å². The van der Waals surface area contributed by atoms with Gasteiger partial charge in [-0.05, 0) is 34.0 Å². The second-order valence-electron chi connectivity index (χ2n) is 6.17. The minimum absolute atomic E-state index is 0.0168. The quantitative estimate of drug-likeness (QED) is 0.717. The Morgan fingerprint density at radius 3 is 2.50 bits per heavy atom. The highest BCUT2D eigenvalue weighted by Gasteiger charge is 2.19. The summed E-state index contributed by atoms with van der Waals surface area (Å²) in [5.74, 6) is -1.39. The minimum atomic E-state index is -0.832. The number of nitrogens with one attached hydrogen (secondary N) is 1. The van der Waals surface area contributed by atoms with Crippen LogP contribution in [0.15, 0.2) is 66.7 Å². The standard InChI is InChI=1S/C21H19FN2O2/c22-17-9-3-5-14(11-17)12-20(25)24-19(21(23)26)13-16-8-4-7-15-6-1-2-10-18(15)16/h1-11,19H,12-13H2,(H2,23,26)(H,24,25)/t19-/m1/s1. The number of hydrogen-bond acceptors (Lipinski definition) is 2. The van der Waals surface area contributed by atoms with Gasteiger partial charge in [-0.3, -0.25) is 9.59 Å². The summed E-state index contributed by atoms with van der Waals surface area (Å²) in [7, 11) is 0. The molecule has 0 fully saturated rings. The number of benzene rings is 3. The van der Waals surface area contributed by atoms with E-state index in [1.54, 1.807) is 12.1 Å². The van der Waals surface area contributed by atoms with Crippen LogP contribution >= 0.6 is 0 Å². The van der Waals surface area contributed by atoms with Crippen molar-refractivity contribution in [2.24, 2.45) is 5.73 Å². The third kappa shape index (κ3) is 4.25. The highest BCUT2D eigenvalue weighted by Crippen LogP contribution is 2.19. The van der Waals surface area contributed by atoms with Crippen LogP contribution in [0.5, 0.6) is 0 Å². The first kappa shape index (κ1) is 17.6. The summed E-state index contributed by atoms with van der Waals surface area (Å²) in [6.07, 6.45) is 0.280. The lowest BCUT2D eigenvalue weighted by Crippen LogP contribution is -2.46. The van der Waals surface area contributed by atoms with Gasteiger partial charge in [-0.1, -0.05) is 54.6 Å². The van der Waals surface area contributed by atoms with E-state index in [4.69, 9.17) is 5.73 Å². The molecule has 3 N–H and O–H groups in total. The van der Waals surface area contributed by atoms with E-state index >= 15 is 0 Å². The van der Waals surface area contributed by atoms with Gasteiger partial charge >= 0.3 is 0 Å². The minimum Gasteiger partial charge on any atom is -0.368 e. The zero-order valence-electron chi connectivity index (χ0n) is 14.1. The molecule has 5 heteroatoms. The van der Waals surface area contributed by atoms with Crippen molar-refractivity contribution in [1.82, 2.24) is 5.32 Å². The maximum absolute atomic E-state index is 13.2. The summed E-state index contributed by atoms with van der Waals surface area (Å²) in [6.45, 7) is 0. The van der Waals surface area contributed by atoms with Gasteiger partial charge in [-0.2, -0.15) is 0 Å². The van der Waals surface area contributed by atoms with Crippen molar-refractivity contribution in [3.8, 4) is 0 Å². The summed E-state index contributed by atoms with van der Waals surface area (Å²) >= 11 is 0. The number of carbonyl (C=O) groups excluding carboxylic acids is 2. The first-order valence-electron chi connectivity index (χ1n) is 8.32. The second kappa shape index (κ2) is 7.78. The molecule has 0 saturated carbocycles. The highest BCUT2D eigenvalue weighted by atomic mass is 19.1. The number of halogens is 1. The van der Waals surface area contributed by atoms with E-state index in [1.165, 1.54) is 12.1 Å². The molecular formula is C21H19FN2O2. The number of carbonyl (C=O) groups is 2. The molecule has 0 aromatic heterocycles. The largest absolute Gasteiger partial charge is 0.368 e. The molecule has 1 atom stereocenters. The van der Waals surface area contributed by atoms with Gasteiger partial charge in [0.1, 0.15) is 11.9 Å². The maximum Gasteiger partial charge on any atom is 0.240 e. The summed E-state index contributed by atoms with van der Waals surface area (Å²) in [4.78, 5) is 24.1. The predicted octanol–water partition coefficient (Wildman–Crippen LogP) is 2.73. The van der Waals surface area contributed by atoms with Gasteiger partial charge in [0.2, 0.25) is 11.8 Å². The monoisotopic (exact) mass is 350 g/mol. The Balaban J connectivity index is 1.75. The third-order valence-electron chi connectivity index (χ3n) is 4.24. The molecule has 0 saturated heterocycles. The molecule has 0 heterocycles. The SMILES string of the molecule is NC(=O)[C@@H](Cc1cccc2ccccc12)NC(=O)Cc1cccc(F)c1. The zero-order valence-corrected chi connectivity index (χ0v) is 14.1. The first-order valence-corrected chi connectivity index (χ1v) is 8.32. The number of hydrogen-bond donors (Lipinski definition) is 2. The summed E-state index contributed by atoms with van der Waals surface area (Å²) in [6, 6.07) is 18.6. The Hall–Kier alpha value is -3.21. The van der Waals surface area contributed by atoms with Gasteiger partial charge in [-0.25, -0.2) is 4.39 Å². The molecule has 0 aliphatic carbocycles. The lowest BCUT2D eigenvalue weighted by molar-refractivity contribution is -0.126. The number of primary amides is 1. The van der Waals surface area contributed by atoms with Gasteiger partial charge in [0.25, 0.3) is 0 Å². The van der Waals surface area contributed by atoms with Crippen LogP contribution in [-0.2, 0) is 22.4 Å². The second-order valence-corrected chi connectivity index (χ2v) is 6.17. The molecule has 4 nitrogen and oxygen atoms in total. The van der Waals surface area contributed by atoms with Gasteiger partial charge in [0, 0.05) is 6.42 Å². The summed E-state index contributed by atoms with van der Waals surface area (Å²) in [5, 5.41) is 4.73. The van der Waals surface area contributed by atoms with E-state index in [0.29, 0.717) is 12.0 Å². The van der Waals surface area contributed by atoms with Gasteiger partial charge in [0.15, 0.2) is 0 Å². The highest BCUT2D eigenvalue weighted by molar-refractivity contribution is 5.90. The van der Waals surface area contributed by atoms with Crippen molar-refractivity contribution in [3.63, 3.8) is 0 Å². The molecule has 0 radical (unpaired) electrons.